The minimum Gasteiger partial charge on any atom is -0.300 e. The first-order valence-corrected chi connectivity index (χ1v) is 9.46. The highest BCUT2D eigenvalue weighted by Crippen LogP contribution is 2.59. The number of hydrogen-bond acceptors (Lipinski definition) is 1. The molecule has 0 amide bonds. The predicted octanol–water partition coefficient (Wildman–Crippen LogP) is 4.30. The maximum atomic E-state index is 3.92. The summed E-state index contributed by atoms with van der Waals surface area (Å²) in [5, 5.41) is 0. The van der Waals surface area contributed by atoms with Crippen LogP contribution in [0.1, 0.15) is 51.9 Å². The van der Waals surface area contributed by atoms with Gasteiger partial charge in [0.1, 0.15) is 0 Å². The average Bonchev–Trinajstić information content (AvgIpc) is 2.86. The second kappa shape index (κ2) is 4.73. The molecule has 8 atom stereocenters. The third-order valence-corrected chi connectivity index (χ3v) is 8.11. The van der Waals surface area contributed by atoms with Crippen LogP contribution in [-0.2, 0) is 0 Å². The quantitative estimate of drug-likeness (QED) is 0.600. The van der Waals surface area contributed by atoms with Crippen molar-refractivity contribution in [1.82, 2.24) is 4.90 Å². The van der Waals surface area contributed by atoms with E-state index in [0.29, 0.717) is 0 Å². The third-order valence-electron chi connectivity index (χ3n) is 7.28. The summed E-state index contributed by atoms with van der Waals surface area (Å²) in [7, 11) is 2.46. The van der Waals surface area contributed by atoms with Crippen LogP contribution in [0.15, 0.2) is 0 Å². The molecule has 0 bridgehead atoms. The van der Waals surface area contributed by atoms with E-state index in [0.717, 1.165) is 46.5 Å². The predicted molar refractivity (Wildman–Crippen MR) is 83.5 cm³/mol. The van der Waals surface area contributed by atoms with Crippen molar-refractivity contribution in [3.8, 4) is 0 Å². The molecule has 1 saturated heterocycles. The van der Waals surface area contributed by atoms with Crippen LogP contribution >= 0.6 is 15.9 Å². The highest BCUT2D eigenvalue weighted by Gasteiger charge is 2.60. The van der Waals surface area contributed by atoms with Gasteiger partial charge in [-0.3, -0.25) is 4.90 Å². The molecule has 4 fully saturated rings. The molecular weight excluding hydrogens is 298 g/mol. The van der Waals surface area contributed by atoms with Crippen molar-refractivity contribution in [3.05, 3.63) is 0 Å². The van der Waals surface area contributed by atoms with Crippen LogP contribution in [0.3, 0.4) is 0 Å². The Labute approximate surface area is 126 Å². The van der Waals surface area contributed by atoms with E-state index in [4.69, 9.17) is 0 Å². The van der Waals surface area contributed by atoms with E-state index in [-0.39, 0.29) is 0 Å². The van der Waals surface area contributed by atoms with Crippen LogP contribution in [0.4, 0.5) is 0 Å². The van der Waals surface area contributed by atoms with Crippen molar-refractivity contribution in [1.29, 1.82) is 0 Å². The Balaban J connectivity index is 1.66. The summed E-state index contributed by atoms with van der Waals surface area (Å²) < 4.78 is 0. The van der Waals surface area contributed by atoms with E-state index < -0.39 is 0 Å². The summed E-state index contributed by atoms with van der Waals surface area (Å²) in [6, 6.07) is 1.85. The Bertz CT molecular complexity index is 357. The normalized spacial score (nSPS) is 57.6. The number of fused-ring (bicyclic) bond motifs is 5. The molecule has 0 spiro atoms. The van der Waals surface area contributed by atoms with Crippen LogP contribution in [0, 0.1) is 29.6 Å². The van der Waals surface area contributed by atoms with Gasteiger partial charge in [0.15, 0.2) is 0 Å². The average molecular weight is 326 g/mol. The van der Waals surface area contributed by atoms with Gasteiger partial charge >= 0.3 is 0 Å². The molecule has 0 aromatic carbocycles. The van der Waals surface area contributed by atoms with Crippen molar-refractivity contribution in [2.45, 2.75) is 68.8 Å². The van der Waals surface area contributed by atoms with Gasteiger partial charge in [0.05, 0.1) is 0 Å². The summed E-state index contributed by atoms with van der Waals surface area (Å²) in [5.74, 6) is 5.10. The van der Waals surface area contributed by atoms with Crippen LogP contribution in [-0.4, -0.2) is 28.9 Å². The fraction of sp³-hybridized carbons (Fsp3) is 1.00. The zero-order chi connectivity index (χ0) is 13.1. The van der Waals surface area contributed by atoms with E-state index in [9.17, 15) is 0 Å². The molecule has 0 aromatic heterocycles. The Morgan fingerprint density at radius 2 is 1.68 bits per heavy atom. The van der Waals surface area contributed by atoms with Gasteiger partial charge in [-0.1, -0.05) is 35.7 Å². The zero-order valence-corrected chi connectivity index (χ0v) is 14.0. The van der Waals surface area contributed by atoms with Crippen LogP contribution in [0.25, 0.3) is 0 Å². The van der Waals surface area contributed by atoms with Gasteiger partial charge in [-0.25, -0.2) is 0 Å². The minimum atomic E-state index is 0.802. The molecule has 108 valence electrons. The fourth-order valence-electron chi connectivity index (χ4n) is 6.64. The number of rotatable bonds is 0. The summed E-state index contributed by atoms with van der Waals surface area (Å²) >= 11 is 3.92. The van der Waals surface area contributed by atoms with E-state index in [1.165, 1.54) is 44.9 Å². The first-order valence-electron chi connectivity index (χ1n) is 8.54. The minimum absolute atomic E-state index is 0.802. The zero-order valence-electron chi connectivity index (χ0n) is 12.4. The lowest BCUT2D eigenvalue weighted by Crippen LogP contribution is -2.41. The molecule has 0 N–H and O–H groups in total. The van der Waals surface area contributed by atoms with Gasteiger partial charge in [0.25, 0.3) is 0 Å². The van der Waals surface area contributed by atoms with Crippen molar-refractivity contribution in [2.75, 3.05) is 7.05 Å². The van der Waals surface area contributed by atoms with E-state index >= 15 is 0 Å². The van der Waals surface area contributed by atoms with E-state index in [2.05, 4.69) is 34.8 Å². The standard InChI is InChI=1S/C17H28BrN/c1-10-12-5-3-4-6-13(12)17-16(10)14-9-11(18)7-8-15(14)19(17)2/h10-17H,3-9H2,1-2H3. The van der Waals surface area contributed by atoms with Crippen molar-refractivity contribution >= 4 is 15.9 Å². The van der Waals surface area contributed by atoms with Gasteiger partial charge in [0.2, 0.25) is 0 Å². The van der Waals surface area contributed by atoms with E-state index in [1.54, 1.807) is 0 Å². The maximum absolute atomic E-state index is 3.92. The lowest BCUT2D eigenvalue weighted by molar-refractivity contribution is 0.110. The second-order valence-electron chi connectivity index (χ2n) is 7.85. The third kappa shape index (κ3) is 1.81. The second-order valence-corrected chi connectivity index (χ2v) is 9.14. The summed E-state index contributed by atoms with van der Waals surface area (Å²) in [6.07, 6.45) is 10.3. The molecule has 8 unspecified atom stereocenters. The number of nitrogens with zero attached hydrogens (tertiary/aromatic N) is 1. The first kappa shape index (κ1) is 13.1. The van der Waals surface area contributed by atoms with Gasteiger partial charge in [0, 0.05) is 16.9 Å². The molecular formula is C17H28BrN. The van der Waals surface area contributed by atoms with Crippen LogP contribution in [0.5, 0.6) is 0 Å². The van der Waals surface area contributed by atoms with Crippen molar-refractivity contribution < 1.29 is 0 Å². The topological polar surface area (TPSA) is 3.24 Å². The molecule has 4 aliphatic rings. The number of halogens is 1. The van der Waals surface area contributed by atoms with Crippen molar-refractivity contribution in [3.63, 3.8) is 0 Å². The Hall–Kier alpha value is 0.440. The fourth-order valence-corrected chi connectivity index (χ4v) is 7.34. The van der Waals surface area contributed by atoms with Gasteiger partial charge < -0.3 is 0 Å². The lowest BCUT2D eigenvalue weighted by atomic mass is 9.73. The first-order chi connectivity index (χ1) is 9.18. The Morgan fingerprint density at radius 1 is 0.947 bits per heavy atom. The molecule has 1 nitrogen and oxygen atoms in total. The molecule has 4 rings (SSSR count). The molecule has 1 heterocycles. The van der Waals surface area contributed by atoms with Gasteiger partial charge in [-0.05, 0) is 68.7 Å². The maximum Gasteiger partial charge on any atom is 0.0160 e. The molecule has 19 heavy (non-hydrogen) atoms. The Kier molecular flexibility index (Phi) is 3.27. The largest absolute Gasteiger partial charge is 0.300 e. The summed E-state index contributed by atoms with van der Waals surface area (Å²) in [4.78, 5) is 3.65. The van der Waals surface area contributed by atoms with Gasteiger partial charge in [-0.15, -0.1) is 0 Å². The van der Waals surface area contributed by atoms with Crippen molar-refractivity contribution in [2.24, 2.45) is 29.6 Å². The smallest absolute Gasteiger partial charge is 0.0160 e. The number of likely N-dealkylation sites (tertiary alicyclic amines) is 1. The highest BCUT2D eigenvalue weighted by molar-refractivity contribution is 9.09. The number of alkyl halides is 1. The number of hydrogen-bond donors (Lipinski definition) is 0. The highest BCUT2D eigenvalue weighted by atomic mass is 79.9. The molecule has 3 saturated carbocycles. The lowest BCUT2D eigenvalue weighted by Gasteiger charge is -2.39. The van der Waals surface area contributed by atoms with Gasteiger partial charge in [-0.2, -0.15) is 0 Å². The molecule has 2 heteroatoms. The SMILES string of the molecule is CC1C2CCCCC2C2C1C1CC(Br)CCC1N2C. The molecule has 0 radical (unpaired) electrons. The monoisotopic (exact) mass is 325 g/mol. The Morgan fingerprint density at radius 3 is 2.47 bits per heavy atom. The molecule has 3 aliphatic carbocycles. The van der Waals surface area contributed by atoms with E-state index in [1.807, 2.05) is 0 Å². The van der Waals surface area contributed by atoms with Crippen LogP contribution in [0.2, 0.25) is 0 Å². The molecule has 0 aromatic rings. The van der Waals surface area contributed by atoms with Crippen LogP contribution < -0.4 is 0 Å². The summed E-state index contributed by atoms with van der Waals surface area (Å²) in [5.41, 5.74) is 0. The summed E-state index contributed by atoms with van der Waals surface area (Å²) in [6.45, 7) is 2.60. The molecule has 1 aliphatic heterocycles.